The number of phenolic OH excluding ortho intramolecular Hbond substituents is 1. The fourth-order valence-corrected chi connectivity index (χ4v) is 8.66. The quantitative estimate of drug-likeness (QED) is 0.512. The van der Waals surface area contributed by atoms with E-state index in [1.807, 2.05) is 0 Å². The summed E-state index contributed by atoms with van der Waals surface area (Å²) in [7, 11) is 0. The lowest BCUT2D eigenvalue weighted by Gasteiger charge is -2.60. The number of alkyl halides is 3. The molecule has 0 spiro atoms. The predicted octanol–water partition coefficient (Wildman–Crippen LogP) is 7.81. The summed E-state index contributed by atoms with van der Waals surface area (Å²) in [5, 5.41) is 10.0. The average Bonchev–Trinajstić information content (AvgIpc) is 3.05. The molecule has 0 heterocycles. The van der Waals surface area contributed by atoms with Gasteiger partial charge < -0.3 is 9.84 Å². The first kappa shape index (κ1) is 21.5. The van der Waals surface area contributed by atoms with E-state index in [1.165, 1.54) is 69.6 Å². The molecule has 1 aromatic rings. The fourth-order valence-electron chi connectivity index (χ4n) is 8.66. The number of halogens is 3. The van der Waals surface area contributed by atoms with Crippen LogP contribution in [-0.4, -0.2) is 11.5 Å². The van der Waals surface area contributed by atoms with Crippen LogP contribution in [0.1, 0.15) is 89.5 Å². The van der Waals surface area contributed by atoms with E-state index in [4.69, 9.17) is 0 Å². The highest BCUT2D eigenvalue weighted by molar-refractivity contribution is 5.43. The van der Waals surface area contributed by atoms with Crippen molar-refractivity contribution in [2.45, 2.75) is 90.3 Å². The lowest BCUT2D eigenvalue weighted by atomic mass is 9.45. The van der Waals surface area contributed by atoms with Gasteiger partial charge in [-0.2, -0.15) is 0 Å². The summed E-state index contributed by atoms with van der Waals surface area (Å²) < 4.78 is 43.4. The predicted molar refractivity (Wildman–Crippen MR) is 114 cm³/mol. The zero-order chi connectivity index (χ0) is 22.0. The molecule has 1 N–H and O–H groups in total. The van der Waals surface area contributed by atoms with Crippen LogP contribution in [0, 0.1) is 34.5 Å². The molecule has 5 heteroatoms. The summed E-state index contributed by atoms with van der Waals surface area (Å²) in [4.78, 5) is 0. The standard InChI is InChI=1S/C26H35F3O2/c1-24-12-10-21-19(8-6-17-5-3-4-11-25(17,21)2)22(24)13-16(15-24)20-14-18(30)7-9-23(20)31-26(27,28)29/h7,9,14,16-17,19,21-22,30H,3-6,8,10-13,15H2,1-2H3/t16?,17?,19-,21-,22+,24-,25+/m1/s1. The van der Waals surface area contributed by atoms with E-state index in [-0.39, 0.29) is 22.8 Å². The molecule has 0 amide bonds. The number of aromatic hydroxyl groups is 1. The van der Waals surface area contributed by atoms with Gasteiger partial charge in [0.05, 0.1) is 0 Å². The van der Waals surface area contributed by atoms with Gasteiger partial charge in [0, 0.05) is 5.56 Å². The Balaban J connectivity index is 1.43. The first-order chi connectivity index (χ1) is 14.6. The number of benzene rings is 1. The van der Waals surface area contributed by atoms with E-state index in [0.29, 0.717) is 22.8 Å². The minimum Gasteiger partial charge on any atom is -0.508 e. The summed E-state index contributed by atoms with van der Waals surface area (Å²) in [5.41, 5.74) is 1.16. The van der Waals surface area contributed by atoms with Crippen LogP contribution < -0.4 is 4.74 Å². The molecule has 4 aliphatic rings. The van der Waals surface area contributed by atoms with Crippen LogP contribution in [0.3, 0.4) is 0 Å². The summed E-state index contributed by atoms with van der Waals surface area (Å²) in [5.74, 6) is 2.74. The van der Waals surface area contributed by atoms with Gasteiger partial charge in [0.15, 0.2) is 0 Å². The van der Waals surface area contributed by atoms with Gasteiger partial charge in [-0.3, -0.25) is 0 Å². The zero-order valence-electron chi connectivity index (χ0n) is 18.7. The third kappa shape index (κ3) is 3.64. The molecular weight excluding hydrogens is 401 g/mol. The van der Waals surface area contributed by atoms with Crippen molar-refractivity contribution in [3.05, 3.63) is 23.8 Å². The first-order valence-electron chi connectivity index (χ1n) is 12.2. The monoisotopic (exact) mass is 436 g/mol. The van der Waals surface area contributed by atoms with Gasteiger partial charge in [-0.15, -0.1) is 13.2 Å². The van der Waals surface area contributed by atoms with Crippen LogP contribution in [-0.2, 0) is 0 Å². The Labute approximate surface area is 183 Å². The zero-order valence-corrected chi connectivity index (χ0v) is 18.7. The van der Waals surface area contributed by atoms with Crippen molar-refractivity contribution >= 4 is 0 Å². The van der Waals surface area contributed by atoms with Crippen molar-refractivity contribution in [1.29, 1.82) is 0 Å². The molecule has 0 bridgehead atoms. The van der Waals surface area contributed by atoms with Gasteiger partial charge >= 0.3 is 6.36 Å². The molecule has 31 heavy (non-hydrogen) atoms. The second-order valence-corrected chi connectivity index (χ2v) is 11.5. The molecule has 0 saturated heterocycles. The maximum absolute atomic E-state index is 13.0. The molecule has 2 nitrogen and oxygen atoms in total. The van der Waals surface area contributed by atoms with Gasteiger partial charge in [0.2, 0.25) is 0 Å². The number of ether oxygens (including phenoxy) is 1. The second kappa shape index (κ2) is 7.31. The number of phenols is 1. The number of hydrogen-bond acceptors (Lipinski definition) is 2. The van der Waals surface area contributed by atoms with Crippen molar-refractivity contribution < 1.29 is 23.0 Å². The SMILES string of the molecule is C[C@]12CC[C@@H]3[C@@H](CCC4CCCC[C@@]43C)[C@@H]1CC(c1cc(O)ccc1OC(F)(F)F)C2. The maximum Gasteiger partial charge on any atom is 0.573 e. The Morgan fingerprint density at radius 1 is 1.00 bits per heavy atom. The van der Waals surface area contributed by atoms with Gasteiger partial charge in [-0.05, 0) is 110 Å². The van der Waals surface area contributed by atoms with Crippen LogP contribution in [0.2, 0.25) is 0 Å². The molecule has 5 rings (SSSR count). The molecule has 0 aromatic heterocycles. The van der Waals surface area contributed by atoms with Crippen molar-refractivity contribution in [1.82, 2.24) is 0 Å². The number of fused-ring (bicyclic) bond motifs is 5. The van der Waals surface area contributed by atoms with Gasteiger partial charge in [0.25, 0.3) is 0 Å². The van der Waals surface area contributed by atoms with E-state index in [9.17, 15) is 18.3 Å². The summed E-state index contributed by atoms with van der Waals surface area (Å²) in [6.07, 6.45) is 7.58. The maximum atomic E-state index is 13.0. The molecular formula is C26H35F3O2. The van der Waals surface area contributed by atoms with Crippen molar-refractivity contribution in [2.75, 3.05) is 0 Å². The highest BCUT2D eigenvalue weighted by atomic mass is 19.4. The summed E-state index contributed by atoms with van der Waals surface area (Å²) in [6, 6.07) is 4.07. The van der Waals surface area contributed by atoms with Crippen LogP contribution in [0.4, 0.5) is 13.2 Å². The fraction of sp³-hybridized carbons (Fsp3) is 0.769. The van der Waals surface area contributed by atoms with Crippen LogP contribution in [0.5, 0.6) is 11.5 Å². The number of hydrogen-bond donors (Lipinski definition) is 1. The Hall–Kier alpha value is -1.39. The minimum absolute atomic E-state index is 0.00934. The third-order valence-electron chi connectivity index (χ3n) is 10.0. The molecule has 0 aliphatic heterocycles. The second-order valence-electron chi connectivity index (χ2n) is 11.5. The number of rotatable bonds is 2. The Bertz CT molecular complexity index is 836. The third-order valence-corrected chi connectivity index (χ3v) is 10.0. The molecule has 4 aliphatic carbocycles. The van der Waals surface area contributed by atoms with E-state index >= 15 is 0 Å². The van der Waals surface area contributed by atoms with Crippen molar-refractivity contribution in [3.8, 4) is 11.5 Å². The van der Waals surface area contributed by atoms with E-state index in [0.717, 1.165) is 24.7 Å². The van der Waals surface area contributed by atoms with Crippen LogP contribution in [0.15, 0.2) is 18.2 Å². The molecule has 0 radical (unpaired) electrons. The smallest absolute Gasteiger partial charge is 0.508 e. The highest BCUT2D eigenvalue weighted by Gasteiger charge is 2.58. The van der Waals surface area contributed by atoms with Crippen LogP contribution >= 0.6 is 0 Å². The average molecular weight is 437 g/mol. The van der Waals surface area contributed by atoms with Gasteiger partial charge in [0.1, 0.15) is 11.5 Å². The van der Waals surface area contributed by atoms with E-state index < -0.39 is 6.36 Å². The summed E-state index contributed by atoms with van der Waals surface area (Å²) >= 11 is 0. The molecule has 2 unspecified atom stereocenters. The molecule has 7 atom stereocenters. The minimum atomic E-state index is -4.72. The Morgan fingerprint density at radius 2 is 1.81 bits per heavy atom. The topological polar surface area (TPSA) is 29.5 Å². The van der Waals surface area contributed by atoms with Crippen molar-refractivity contribution in [3.63, 3.8) is 0 Å². The van der Waals surface area contributed by atoms with Gasteiger partial charge in [-0.25, -0.2) is 0 Å². The lowest BCUT2D eigenvalue weighted by molar-refractivity contribution is -0.275. The molecule has 4 saturated carbocycles. The van der Waals surface area contributed by atoms with Crippen molar-refractivity contribution in [2.24, 2.45) is 34.5 Å². The largest absolute Gasteiger partial charge is 0.573 e. The van der Waals surface area contributed by atoms with Crippen LogP contribution in [0.25, 0.3) is 0 Å². The normalized spacial score (nSPS) is 42.4. The summed E-state index contributed by atoms with van der Waals surface area (Å²) in [6.45, 7) is 4.92. The molecule has 172 valence electrons. The lowest BCUT2D eigenvalue weighted by Crippen LogP contribution is -2.51. The Morgan fingerprint density at radius 3 is 2.58 bits per heavy atom. The Kier molecular flexibility index (Phi) is 5.06. The molecule has 4 fully saturated rings. The van der Waals surface area contributed by atoms with E-state index in [1.54, 1.807) is 0 Å². The first-order valence-corrected chi connectivity index (χ1v) is 12.2. The molecule has 1 aromatic carbocycles. The van der Waals surface area contributed by atoms with E-state index in [2.05, 4.69) is 18.6 Å². The highest BCUT2D eigenvalue weighted by Crippen LogP contribution is 2.68. The van der Waals surface area contributed by atoms with Gasteiger partial charge in [-0.1, -0.05) is 26.7 Å².